The molecule has 0 unspecified atom stereocenters. The summed E-state index contributed by atoms with van der Waals surface area (Å²) in [7, 11) is -7.49. The molecule has 0 aromatic heterocycles. The van der Waals surface area contributed by atoms with Crippen molar-refractivity contribution < 1.29 is 16.8 Å². The monoisotopic (exact) mass is 269 g/mol. The predicted octanol–water partition coefficient (Wildman–Crippen LogP) is 0.391. The fourth-order valence-corrected chi connectivity index (χ4v) is 2.86. The molecule has 0 amide bonds. The maximum Gasteiger partial charge on any atom is 0.238 e. The van der Waals surface area contributed by atoms with Crippen molar-refractivity contribution >= 4 is 31.5 Å². The minimum absolute atomic E-state index is 0.0371. The van der Waals surface area contributed by atoms with Crippen molar-refractivity contribution in [3.8, 4) is 0 Å². The van der Waals surface area contributed by atoms with Crippen molar-refractivity contribution in [2.24, 2.45) is 5.14 Å². The lowest BCUT2D eigenvalue weighted by Gasteiger charge is -2.04. The van der Waals surface area contributed by atoms with Crippen LogP contribution in [-0.2, 0) is 19.9 Å². The van der Waals surface area contributed by atoms with Crippen molar-refractivity contribution in [2.75, 3.05) is 6.26 Å². The maximum atomic E-state index is 11.2. The average Bonchev–Trinajstić information content (AvgIpc) is 2.00. The molecule has 0 aliphatic carbocycles. The molecule has 0 saturated carbocycles. The Kier molecular flexibility index (Phi) is 3.11. The standard InChI is InChI=1S/C7H8ClNO4S2/c1-14(10,11)7-4-5(15(9,12)13)2-3-6(7)8/h2-4H,1H3,(H2,9,12,13). The Labute approximate surface area is 92.8 Å². The Morgan fingerprint density at radius 2 is 1.73 bits per heavy atom. The number of hydrogen-bond donors (Lipinski definition) is 1. The number of sulfone groups is 1. The largest absolute Gasteiger partial charge is 0.238 e. The van der Waals surface area contributed by atoms with Crippen LogP contribution in [0.1, 0.15) is 0 Å². The van der Waals surface area contributed by atoms with Gasteiger partial charge >= 0.3 is 0 Å². The summed E-state index contributed by atoms with van der Waals surface area (Å²) in [6.45, 7) is 0. The van der Waals surface area contributed by atoms with Crippen LogP contribution >= 0.6 is 11.6 Å². The normalized spacial score (nSPS) is 12.7. The molecule has 0 spiro atoms. The van der Waals surface area contributed by atoms with Crippen LogP contribution in [0.3, 0.4) is 0 Å². The molecule has 5 nitrogen and oxygen atoms in total. The van der Waals surface area contributed by atoms with Gasteiger partial charge in [-0.15, -0.1) is 0 Å². The molecule has 0 bridgehead atoms. The molecule has 1 aromatic carbocycles. The molecule has 0 heterocycles. The van der Waals surface area contributed by atoms with Crippen molar-refractivity contribution in [3.63, 3.8) is 0 Å². The highest BCUT2D eigenvalue weighted by Crippen LogP contribution is 2.23. The Bertz CT molecular complexity index is 591. The number of primary sulfonamides is 1. The number of hydrogen-bond acceptors (Lipinski definition) is 4. The first-order chi connectivity index (χ1) is 6.62. The quantitative estimate of drug-likeness (QED) is 0.840. The Morgan fingerprint density at radius 3 is 2.13 bits per heavy atom. The second-order valence-corrected chi connectivity index (χ2v) is 6.86. The molecule has 84 valence electrons. The molecule has 1 rings (SSSR count). The topological polar surface area (TPSA) is 94.3 Å². The minimum Gasteiger partial charge on any atom is -0.225 e. The van der Waals surface area contributed by atoms with Gasteiger partial charge in [0.15, 0.2) is 9.84 Å². The SMILES string of the molecule is CS(=O)(=O)c1cc(S(N)(=O)=O)ccc1Cl. The third kappa shape index (κ3) is 2.91. The predicted molar refractivity (Wildman–Crippen MR) is 55.9 cm³/mol. The van der Waals surface area contributed by atoms with Gasteiger partial charge in [-0.05, 0) is 18.2 Å². The van der Waals surface area contributed by atoms with E-state index in [9.17, 15) is 16.8 Å². The molecule has 15 heavy (non-hydrogen) atoms. The van der Waals surface area contributed by atoms with Gasteiger partial charge in [0, 0.05) is 6.26 Å². The third-order valence-corrected chi connectivity index (χ3v) is 4.12. The van der Waals surface area contributed by atoms with Crippen LogP contribution < -0.4 is 5.14 Å². The summed E-state index contributed by atoms with van der Waals surface area (Å²) in [6, 6.07) is 3.26. The number of rotatable bonds is 2. The van der Waals surface area contributed by atoms with Crippen molar-refractivity contribution in [2.45, 2.75) is 9.79 Å². The van der Waals surface area contributed by atoms with Crippen LogP contribution in [0.15, 0.2) is 28.0 Å². The Hall–Kier alpha value is -0.630. The summed E-state index contributed by atoms with van der Waals surface area (Å²) in [5.41, 5.74) is 0. The Morgan fingerprint density at radius 1 is 1.20 bits per heavy atom. The number of sulfonamides is 1. The van der Waals surface area contributed by atoms with E-state index in [1.165, 1.54) is 6.07 Å². The minimum atomic E-state index is -3.93. The van der Waals surface area contributed by atoms with E-state index < -0.39 is 19.9 Å². The van der Waals surface area contributed by atoms with E-state index in [2.05, 4.69) is 0 Å². The van der Waals surface area contributed by atoms with Crippen LogP contribution in [0.2, 0.25) is 5.02 Å². The molecular weight excluding hydrogens is 262 g/mol. The van der Waals surface area contributed by atoms with Crippen LogP contribution in [-0.4, -0.2) is 23.1 Å². The van der Waals surface area contributed by atoms with E-state index in [1.807, 2.05) is 0 Å². The highest BCUT2D eigenvalue weighted by molar-refractivity contribution is 7.91. The van der Waals surface area contributed by atoms with E-state index in [0.29, 0.717) is 0 Å². The van der Waals surface area contributed by atoms with Gasteiger partial charge in [0.1, 0.15) is 0 Å². The van der Waals surface area contributed by atoms with E-state index in [0.717, 1.165) is 18.4 Å². The zero-order valence-corrected chi connectivity index (χ0v) is 10.0. The van der Waals surface area contributed by atoms with Crippen LogP contribution in [0, 0.1) is 0 Å². The summed E-state index contributed by atoms with van der Waals surface area (Å²) in [6.07, 6.45) is 0.932. The number of nitrogens with two attached hydrogens (primary N) is 1. The van der Waals surface area contributed by atoms with E-state index in [-0.39, 0.29) is 14.8 Å². The van der Waals surface area contributed by atoms with Gasteiger partial charge in [0.2, 0.25) is 10.0 Å². The smallest absolute Gasteiger partial charge is 0.225 e. The van der Waals surface area contributed by atoms with Gasteiger partial charge in [0.25, 0.3) is 0 Å². The second-order valence-electron chi connectivity index (χ2n) is 2.91. The van der Waals surface area contributed by atoms with Crippen LogP contribution in [0.25, 0.3) is 0 Å². The maximum absolute atomic E-state index is 11.2. The fraction of sp³-hybridized carbons (Fsp3) is 0.143. The number of halogens is 1. The van der Waals surface area contributed by atoms with Crippen molar-refractivity contribution in [1.29, 1.82) is 0 Å². The first-order valence-electron chi connectivity index (χ1n) is 3.65. The molecular formula is C7H8ClNO4S2. The van der Waals surface area contributed by atoms with Gasteiger partial charge < -0.3 is 0 Å². The molecule has 0 atom stereocenters. The molecule has 0 saturated heterocycles. The van der Waals surface area contributed by atoms with Crippen molar-refractivity contribution in [1.82, 2.24) is 0 Å². The zero-order valence-electron chi connectivity index (χ0n) is 7.64. The lowest BCUT2D eigenvalue weighted by atomic mass is 10.4. The summed E-state index contributed by atoms with van der Waals surface area (Å²) in [5.74, 6) is 0. The second kappa shape index (κ2) is 3.75. The van der Waals surface area contributed by atoms with E-state index in [1.54, 1.807) is 0 Å². The first kappa shape index (κ1) is 12.4. The molecule has 8 heteroatoms. The highest BCUT2D eigenvalue weighted by Gasteiger charge is 2.16. The summed E-state index contributed by atoms with van der Waals surface area (Å²) < 4.78 is 44.4. The highest BCUT2D eigenvalue weighted by atomic mass is 35.5. The molecule has 2 N–H and O–H groups in total. The van der Waals surface area contributed by atoms with E-state index in [4.69, 9.17) is 16.7 Å². The summed E-state index contributed by atoms with van der Waals surface area (Å²) in [4.78, 5) is -0.539. The number of benzene rings is 1. The van der Waals surface area contributed by atoms with Gasteiger partial charge in [-0.1, -0.05) is 11.6 Å². The third-order valence-electron chi connectivity index (χ3n) is 1.63. The lowest BCUT2D eigenvalue weighted by Crippen LogP contribution is -2.13. The summed E-state index contributed by atoms with van der Waals surface area (Å²) >= 11 is 5.62. The molecule has 1 aromatic rings. The fourth-order valence-electron chi connectivity index (χ4n) is 0.945. The molecule has 0 aliphatic rings. The first-order valence-corrected chi connectivity index (χ1v) is 7.46. The molecule has 0 radical (unpaired) electrons. The van der Waals surface area contributed by atoms with Gasteiger partial charge in [-0.3, -0.25) is 0 Å². The van der Waals surface area contributed by atoms with E-state index >= 15 is 0 Å². The van der Waals surface area contributed by atoms with Crippen LogP contribution in [0.4, 0.5) is 0 Å². The average molecular weight is 270 g/mol. The van der Waals surface area contributed by atoms with Crippen molar-refractivity contribution in [3.05, 3.63) is 23.2 Å². The van der Waals surface area contributed by atoms with Gasteiger partial charge in [-0.2, -0.15) is 0 Å². The molecule has 0 fully saturated rings. The Balaban J connectivity index is 3.57. The van der Waals surface area contributed by atoms with Crippen LogP contribution in [0.5, 0.6) is 0 Å². The lowest BCUT2D eigenvalue weighted by molar-refractivity contribution is 0.597. The summed E-state index contributed by atoms with van der Waals surface area (Å²) in [5, 5.41) is 4.82. The van der Waals surface area contributed by atoms with Gasteiger partial charge in [-0.25, -0.2) is 22.0 Å². The zero-order chi connectivity index (χ0) is 11.9. The molecule has 0 aliphatic heterocycles. The van der Waals surface area contributed by atoms with Gasteiger partial charge in [0.05, 0.1) is 14.8 Å².